The number of hydrogen-bond donors (Lipinski definition) is 1. The predicted octanol–water partition coefficient (Wildman–Crippen LogP) is 4.29. The molecule has 4 nitrogen and oxygen atoms in total. The van der Waals surface area contributed by atoms with Gasteiger partial charge in [0.25, 0.3) is 0 Å². The lowest BCUT2D eigenvalue weighted by molar-refractivity contribution is 0.474. The number of thiazole rings is 1. The van der Waals surface area contributed by atoms with Gasteiger partial charge in [-0.3, -0.25) is 4.79 Å². The van der Waals surface area contributed by atoms with Crippen LogP contribution < -0.4 is 5.43 Å². The van der Waals surface area contributed by atoms with Crippen molar-refractivity contribution in [1.29, 1.82) is 0 Å². The molecule has 0 aliphatic heterocycles. The molecule has 4 rings (SSSR count). The second-order valence-corrected chi connectivity index (χ2v) is 5.92. The predicted molar refractivity (Wildman–Crippen MR) is 90.7 cm³/mol. The molecule has 0 saturated heterocycles. The molecule has 4 aromatic rings. The smallest absolute Gasteiger partial charge is 0.202 e. The van der Waals surface area contributed by atoms with Crippen molar-refractivity contribution in [3.63, 3.8) is 0 Å². The second kappa shape index (κ2) is 5.37. The van der Waals surface area contributed by atoms with Gasteiger partial charge < -0.3 is 9.52 Å². The minimum atomic E-state index is -0.156. The van der Waals surface area contributed by atoms with Crippen molar-refractivity contribution in [3.05, 3.63) is 70.4 Å². The Morgan fingerprint density at radius 2 is 1.91 bits per heavy atom. The van der Waals surface area contributed by atoms with Crippen LogP contribution in [0.3, 0.4) is 0 Å². The fourth-order valence-corrected chi connectivity index (χ4v) is 3.23. The van der Waals surface area contributed by atoms with Crippen LogP contribution >= 0.6 is 11.3 Å². The summed E-state index contributed by atoms with van der Waals surface area (Å²) < 4.78 is 5.48. The molecule has 0 fully saturated rings. The van der Waals surface area contributed by atoms with Crippen molar-refractivity contribution in [2.45, 2.75) is 0 Å². The number of fused-ring (bicyclic) bond motifs is 1. The van der Waals surface area contributed by atoms with Crippen molar-refractivity contribution in [3.8, 4) is 27.6 Å². The number of hydrogen-bond acceptors (Lipinski definition) is 5. The molecule has 23 heavy (non-hydrogen) atoms. The summed E-state index contributed by atoms with van der Waals surface area (Å²) in [6.07, 6.45) is 1.40. The third-order valence-corrected chi connectivity index (χ3v) is 4.45. The molecule has 0 aliphatic rings. The van der Waals surface area contributed by atoms with E-state index in [-0.39, 0.29) is 11.2 Å². The van der Waals surface area contributed by atoms with Gasteiger partial charge in [0.1, 0.15) is 22.6 Å². The summed E-state index contributed by atoms with van der Waals surface area (Å²) >= 11 is 1.48. The average molecular weight is 321 g/mol. The lowest BCUT2D eigenvalue weighted by atomic mass is 10.1. The summed E-state index contributed by atoms with van der Waals surface area (Å²) in [5.41, 5.74) is 2.23. The normalized spacial score (nSPS) is 11.0. The summed E-state index contributed by atoms with van der Waals surface area (Å²) in [5, 5.41) is 12.6. The minimum Gasteiger partial charge on any atom is -0.508 e. The van der Waals surface area contributed by atoms with Gasteiger partial charge in [-0.15, -0.1) is 11.3 Å². The highest BCUT2D eigenvalue weighted by molar-refractivity contribution is 7.13. The van der Waals surface area contributed by atoms with Gasteiger partial charge in [0, 0.05) is 17.0 Å². The summed E-state index contributed by atoms with van der Waals surface area (Å²) in [4.78, 5) is 17.2. The quantitative estimate of drug-likeness (QED) is 0.598. The molecule has 0 radical (unpaired) electrons. The molecule has 0 saturated carbocycles. The first kappa shape index (κ1) is 13.7. The van der Waals surface area contributed by atoms with E-state index >= 15 is 0 Å². The Bertz CT molecular complexity index is 1050. The van der Waals surface area contributed by atoms with Gasteiger partial charge in [0.2, 0.25) is 5.43 Å². The number of aromatic hydroxyl groups is 1. The Hall–Kier alpha value is -2.92. The average Bonchev–Trinajstić information content (AvgIpc) is 3.05. The highest BCUT2D eigenvalue weighted by Crippen LogP contribution is 2.28. The maximum Gasteiger partial charge on any atom is 0.202 e. The van der Waals surface area contributed by atoms with E-state index in [1.165, 1.54) is 29.7 Å². The zero-order chi connectivity index (χ0) is 15.8. The first-order valence-electron chi connectivity index (χ1n) is 6.98. The lowest BCUT2D eigenvalue weighted by Crippen LogP contribution is -2.04. The molecule has 112 valence electrons. The largest absolute Gasteiger partial charge is 0.508 e. The fourth-order valence-electron chi connectivity index (χ4n) is 2.40. The van der Waals surface area contributed by atoms with Crippen molar-refractivity contribution >= 4 is 22.3 Å². The molecule has 2 aromatic heterocycles. The van der Waals surface area contributed by atoms with Crippen LogP contribution in [0.25, 0.3) is 32.8 Å². The number of phenols is 1. The van der Waals surface area contributed by atoms with Gasteiger partial charge in [-0.05, 0) is 12.1 Å². The monoisotopic (exact) mass is 321 g/mol. The van der Waals surface area contributed by atoms with E-state index in [1.54, 1.807) is 6.07 Å². The van der Waals surface area contributed by atoms with Crippen LogP contribution in [0.15, 0.2) is 69.4 Å². The first-order valence-corrected chi connectivity index (χ1v) is 7.86. The van der Waals surface area contributed by atoms with Gasteiger partial charge in [-0.1, -0.05) is 30.3 Å². The molecular weight excluding hydrogens is 310 g/mol. The van der Waals surface area contributed by atoms with Crippen molar-refractivity contribution in [2.24, 2.45) is 0 Å². The van der Waals surface area contributed by atoms with Gasteiger partial charge in [0.15, 0.2) is 0 Å². The van der Waals surface area contributed by atoms with E-state index in [4.69, 9.17) is 4.42 Å². The molecule has 0 atom stereocenters. The maximum atomic E-state index is 12.6. The van der Waals surface area contributed by atoms with Crippen LogP contribution in [0, 0.1) is 0 Å². The van der Waals surface area contributed by atoms with E-state index in [1.807, 2.05) is 35.7 Å². The Morgan fingerprint density at radius 3 is 2.74 bits per heavy atom. The van der Waals surface area contributed by atoms with Crippen LogP contribution in [0.5, 0.6) is 5.75 Å². The Balaban J connectivity index is 1.84. The molecule has 5 heteroatoms. The van der Waals surface area contributed by atoms with Crippen LogP contribution in [-0.4, -0.2) is 10.1 Å². The van der Waals surface area contributed by atoms with Crippen molar-refractivity contribution < 1.29 is 9.52 Å². The van der Waals surface area contributed by atoms with Crippen molar-refractivity contribution in [1.82, 2.24) is 4.98 Å². The molecule has 0 bridgehead atoms. The summed E-state index contributed by atoms with van der Waals surface area (Å²) in [7, 11) is 0. The third kappa shape index (κ3) is 2.41. The molecule has 0 aliphatic carbocycles. The van der Waals surface area contributed by atoms with E-state index in [2.05, 4.69) is 4.98 Å². The molecular formula is C18H11NO3S. The van der Waals surface area contributed by atoms with E-state index in [0.29, 0.717) is 22.2 Å². The molecule has 0 spiro atoms. The Kier molecular flexibility index (Phi) is 3.20. The summed E-state index contributed by atoms with van der Waals surface area (Å²) in [5.74, 6) is 0.0634. The highest BCUT2D eigenvalue weighted by atomic mass is 32.1. The summed E-state index contributed by atoms with van der Waals surface area (Å²) in [6, 6.07) is 14.3. The SMILES string of the molecule is O=c1c(-c2csc(-c3ccccc3)n2)coc2cc(O)ccc12. The van der Waals surface area contributed by atoms with Gasteiger partial charge in [0.05, 0.1) is 16.6 Å². The highest BCUT2D eigenvalue weighted by Gasteiger charge is 2.13. The van der Waals surface area contributed by atoms with Gasteiger partial charge in [-0.25, -0.2) is 4.98 Å². The van der Waals surface area contributed by atoms with Crippen LogP contribution in [0.4, 0.5) is 0 Å². The molecule has 2 heterocycles. The van der Waals surface area contributed by atoms with Crippen LogP contribution in [0.2, 0.25) is 0 Å². The third-order valence-electron chi connectivity index (χ3n) is 3.56. The number of rotatable bonds is 2. The Labute approximate surface area is 135 Å². The van der Waals surface area contributed by atoms with Crippen LogP contribution in [-0.2, 0) is 0 Å². The number of benzene rings is 2. The van der Waals surface area contributed by atoms with E-state index in [9.17, 15) is 9.90 Å². The topological polar surface area (TPSA) is 63.3 Å². The summed E-state index contributed by atoms with van der Waals surface area (Å²) in [6.45, 7) is 0. The zero-order valence-corrected chi connectivity index (χ0v) is 12.7. The van der Waals surface area contributed by atoms with Crippen molar-refractivity contribution in [2.75, 3.05) is 0 Å². The number of phenolic OH excluding ortho intramolecular Hbond substituents is 1. The second-order valence-electron chi connectivity index (χ2n) is 5.06. The zero-order valence-electron chi connectivity index (χ0n) is 11.9. The molecule has 0 amide bonds. The van der Waals surface area contributed by atoms with E-state index in [0.717, 1.165) is 10.6 Å². The minimum absolute atomic E-state index is 0.0634. The molecule has 1 N–H and O–H groups in total. The maximum absolute atomic E-state index is 12.6. The van der Waals surface area contributed by atoms with Gasteiger partial charge >= 0.3 is 0 Å². The van der Waals surface area contributed by atoms with Crippen LogP contribution in [0.1, 0.15) is 0 Å². The number of nitrogens with zero attached hydrogens (tertiary/aromatic N) is 1. The molecule has 0 unspecified atom stereocenters. The van der Waals surface area contributed by atoms with E-state index < -0.39 is 0 Å². The Morgan fingerprint density at radius 1 is 1.09 bits per heavy atom. The fraction of sp³-hybridized carbons (Fsp3) is 0. The number of aromatic nitrogens is 1. The lowest BCUT2D eigenvalue weighted by Gasteiger charge is -2.00. The first-order chi connectivity index (χ1) is 11.2. The standard InChI is InChI=1S/C18H11NO3S/c20-12-6-7-13-16(8-12)22-9-14(17(13)21)15-10-23-18(19-15)11-4-2-1-3-5-11/h1-10,20H. The van der Waals surface area contributed by atoms with Gasteiger partial charge in [-0.2, -0.15) is 0 Å². The molecule has 2 aromatic carbocycles.